The molecule has 0 rings (SSSR count). The number of carboxylic acids is 1. The van der Waals surface area contributed by atoms with Gasteiger partial charge in [-0.15, -0.1) is 0 Å². The van der Waals surface area contributed by atoms with Gasteiger partial charge in [0, 0.05) is 0 Å². The van der Waals surface area contributed by atoms with Gasteiger partial charge in [-0.05, 0) is 0 Å². The maximum Gasteiger partial charge on any atom is 0.335 e. The summed E-state index contributed by atoms with van der Waals surface area (Å²) in [5.41, 5.74) is 0. The normalized spacial score (nSPS) is 19.8. The number of aliphatic hydroxyl groups is 4. The fraction of sp³-hybridized carbons (Fsp3) is 0.833. The zero-order chi connectivity index (χ0) is 13.1. The highest BCUT2D eigenvalue weighted by Crippen LogP contribution is 2.07. The molecule has 0 aromatic carbocycles. The molecule has 16 heavy (non-hydrogen) atoms. The smallest absolute Gasteiger partial charge is 0.335 e. The SMILES string of the molecule is O=C(O)[C@H](O)[C@@H](O)[C@H](O)[C@H](O)CS(=O)(=O)O. The molecule has 0 saturated heterocycles. The molecule has 0 spiro atoms. The third kappa shape index (κ3) is 4.83. The average Bonchev–Trinajstić information content (AvgIpc) is 2.11. The van der Waals surface area contributed by atoms with Crippen LogP contribution in [0.5, 0.6) is 0 Å². The Labute approximate surface area is 90.3 Å². The number of hydrogen-bond donors (Lipinski definition) is 6. The van der Waals surface area contributed by atoms with E-state index in [9.17, 15) is 13.2 Å². The van der Waals surface area contributed by atoms with Crippen LogP contribution in [0.1, 0.15) is 0 Å². The summed E-state index contributed by atoms with van der Waals surface area (Å²) in [6.07, 6.45) is -9.02. The summed E-state index contributed by atoms with van der Waals surface area (Å²) in [6, 6.07) is 0. The van der Waals surface area contributed by atoms with E-state index < -0.39 is 46.3 Å². The van der Waals surface area contributed by atoms with E-state index in [-0.39, 0.29) is 0 Å². The standard InChI is InChI=1S/C6H12O9S/c7-2(1-16(13,14)15)3(8)4(9)5(10)6(11)12/h2-5,7-10H,1H2,(H,11,12)(H,13,14,15)/t2-,3-,4+,5-/m1/s1. The highest BCUT2D eigenvalue weighted by molar-refractivity contribution is 7.85. The van der Waals surface area contributed by atoms with Gasteiger partial charge < -0.3 is 25.5 Å². The predicted molar refractivity (Wildman–Crippen MR) is 48.1 cm³/mol. The van der Waals surface area contributed by atoms with E-state index in [1.165, 1.54) is 0 Å². The van der Waals surface area contributed by atoms with Crippen LogP contribution in [0.2, 0.25) is 0 Å². The summed E-state index contributed by atoms with van der Waals surface area (Å²) >= 11 is 0. The Morgan fingerprint density at radius 2 is 1.50 bits per heavy atom. The highest BCUT2D eigenvalue weighted by Gasteiger charge is 2.35. The van der Waals surface area contributed by atoms with E-state index in [0.717, 1.165) is 0 Å². The topological polar surface area (TPSA) is 173 Å². The highest BCUT2D eigenvalue weighted by atomic mass is 32.2. The third-order valence-electron chi connectivity index (χ3n) is 1.70. The lowest BCUT2D eigenvalue weighted by atomic mass is 10.0. The molecule has 0 saturated carbocycles. The van der Waals surface area contributed by atoms with Crippen LogP contribution < -0.4 is 0 Å². The largest absolute Gasteiger partial charge is 0.479 e. The van der Waals surface area contributed by atoms with Crippen molar-refractivity contribution in [1.82, 2.24) is 0 Å². The third-order valence-corrected chi connectivity index (χ3v) is 2.46. The van der Waals surface area contributed by atoms with E-state index in [0.29, 0.717) is 0 Å². The minimum Gasteiger partial charge on any atom is -0.479 e. The van der Waals surface area contributed by atoms with Gasteiger partial charge in [0.2, 0.25) is 0 Å². The number of carboxylic acid groups (broad SMARTS) is 1. The first kappa shape index (κ1) is 15.2. The molecule has 10 heteroatoms. The van der Waals surface area contributed by atoms with Gasteiger partial charge in [0.15, 0.2) is 6.10 Å². The van der Waals surface area contributed by atoms with Gasteiger partial charge in [0.25, 0.3) is 10.1 Å². The first-order chi connectivity index (χ1) is 7.06. The number of hydrogen-bond acceptors (Lipinski definition) is 7. The second-order valence-electron chi connectivity index (χ2n) is 3.08. The van der Waals surface area contributed by atoms with Crippen molar-refractivity contribution >= 4 is 16.1 Å². The molecule has 0 radical (unpaired) electrons. The molecule has 0 fully saturated rings. The van der Waals surface area contributed by atoms with Crippen molar-refractivity contribution in [2.24, 2.45) is 0 Å². The monoisotopic (exact) mass is 260 g/mol. The molecule has 0 unspecified atom stereocenters. The molecule has 4 atom stereocenters. The summed E-state index contributed by atoms with van der Waals surface area (Å²) < 4.78 is 28.9. The van der Waals surface area contributed by atoms with Crippen molar-refractivity contribution in [1.29, 1.82) is 0 Å². The van der Waals surface area contributed by atoms with E-state index in [1.54, 1.807) is 0 Å². The summed E-state index contributed by atoms with van der Waals surface area (Å²) in [6.45, 7) is 0. The fourth-order valence-electron chi connectivity index (χ4n) is 0.875. The first-order valence-electron chi connectivity index (χ1n) is 3.96. The lowest BCUT2D eigenvalue weighted by Gasteiger charge is -2.23. The van der Waals surface area contributed by atoms with Gasteiger partial charge in [-0.3, -0.25) is 4.55 Å². The Morgan fingerprint density at radius 1 is 1.06 bits per heavy atom. The van der Waals surface area contributed by atoms with Crippen LogP contribution in [0.25, 0.3) is 0 Å². The Hall–Kier alpha value is -0.780. The van der Waals surface area contributed by atoms with Gasteiger partial charge in [0.05, 0.1) is 6.10 Å². The van der Waals surface area contributed by atoms with Crippen LogP contribution in [0.3, 0.4) is 0 Å². The fourth-order valence-corrected chi connectivity index (χ4v) is 1.50. The quantitative estimate of drug-likeness (QED) is 0.264. The Kier molecular flexibility index (Phi) is 5.25. The van der Waals surface area contributed by atoms with Crippen molar-refractivity contribution in [2.45, 2.75) is 24.4 Å². The van der Waals surface area contributed by atoms with Crippen LogP contribution in [0.4, 0.5) is 0 Å². The lowest BCUT2D eigenvalue weighted by Crippen LogP contribution is -2.49. The van der Waals surface area contributed by atoms with Gasteiger partial charge in [-0.25, -0.2) is 4.79 Å². The molecule has 6 N–H and O–H groups in total. The van der Waals surface area contributed by atoms with Gasteiger partial charge >= 0.3 is 5.97 Å². The molecular weight excluding hydrogens is 248 g/mol. The molecule has 0 heterocycles. The van der Waals surface area contributed by atoms with Crippen molar-refractivity contribution in [3.63, 3.8) is 0 Å². The number of aliphatic hydroxyl groups excluding tert-OH is 4. The Morgan fingerprint density at radius 3 is 1.81 bits per heavy atom. The van der Waals surface area contributed by atoms with Gasteiger partial charge in [-0.1, -0.05) is 0 Å². The molecule has 0 aromatic rings. The van der Waals surface area contributed by atoms with E-state index in [4.69, 9.17) is 30.1 Å². The maximum absolute atomic E-state index is 10.3. The molecule has 96 valence electrons. The van der Waals surface area contributed by atoms with Gasteiger partial charge in [-0.2, -0.15) is 8.42 Å². The molecular formula is C6H12O9S. The molecule has 0 aliphatic carbocycles. The number of aliphatic carboxylic acids is 1. The molecule has 9 nitrogen and oxygen atoms in total. The molecule has 0 aliphatic rings. The van der Waals surface area contributed by atoms with Crippen molar-refractivity contribution in [2.75, 3.05) is 5.75 Å². The zero-order valence-electron chi connectivity index (χ0n) is 7.83. The molecule has 0 bridgehead atoms. The van der Waals surface area contributed by atoms with Crippen LogP contribution in [-0.4, -0.2) is 74.6 Å². The summed E-state index contributed by atoms with van der Waals surface area (Å²) in [7, 11) is -4.60. The Balaban J connectivity index is 4.55. The van der Waals surface area contributed by atoms with Crippen LogP contribution in [0.15, 0.2) is 0 Å². The molecule has 0 aliphatic heterocycles. The minimum atomic E-state index is -4.60. The second kappa shape index (κ2) is 5.52. The van der Waals surface area contributed by atoms with Crippen molar-refractivity contribution < 1.29 is 43.3 Å². The molecule has 0 amide bonds. The number of rotatable bonds is 6. The zero-order valence-corrected chi connectivity index (χ0v) is 8.65. The van der Waals surface area contributed by atoms with Gasteiger partial charge in [0.1, 0.15) is 18.0 Å². The summed E-state index contributed by atoms with van der Waals surface area (Å²) in [5, 5.41) is 44.1. The lowest BCUT2D eigenvalue weighted by molar-refractivity contribution is -0.161. The van der Waals surface area contributed by atoms with Crippen LogP contribution in [-0.2, 0) is 14.9 Å². The van der Waals surface area contributed by atoms with E-state index in [2.05, 4.69) is 0 Å². The average molecular weight is 260 g/mol. The van der Waals surface area contributed by atoms with Crippen LogP contribution in [0, 0.1) is 0 Å². The van der Waals surface area contributed by atoms with Crippen molar-refractivity contribution in [3.8, 4) is 0 Å². The van der Waals surface area contributed by atoms with Crippen molar-refractivity contribution in [3.05, 3.63) is 0 Å². The second-order valence-corrected chi connectivity index (χ2v) is 4.58. The van der Waals surface area contributed by atoms with Crippen LogP contribution >= 0.6 is 0 Å². The first-order valence-corrected chi connectivity index (χ1v) is 5.57. The predicted octanol–water partition coefficient (Wildman–Crippen LogP) is -3.60. The number of carbonyl (C=O) groups is 1. The summed E-state index contributed by atoms with van der Waals surface area (Å²) in [4.78, 5) is 10.2. The van der Waals surface area contributed by atoms with E-state index >= 15 is 0 Å². The summed E-state index contributed by atoms with van der Waals surface area (Å²) in [5.74, 6) is -3.15. The molecule has 0 aromatic heterocycles. The maximum atomic E-state index is 10.3. The Bertz CT molecular complexity index is 336. The minimum absolute atomic E-state index is 1.29. The van der Waals surface area contributed by atoms with E-state index in [1.807, 2.05) is 0 Å².